The highest BCUT2D eigenvalue weighted by Crippen LogP contribution is 2.48. The number of unbranched alkanes of at least 4 members (excludes halogenated alkanes) is 3. The first kappa shape index (κ1) is 25.1. The number of phosphoric ester groups is 2. The van der Waals surface area contributed by atoms with E-state index in [2.05, 4.69) is 9.05 Å². The Morgan fingerprint density at radius 3 is 1.78 bits per heavy atom. The van der Waals surface area contributed by atoms with E-state index >= 15 is 0 Å². The summed E-state index contributed by atoms with van der Waals surface area (Å²) in [7, 11) is -10.0. The first-order valence-corrected chi connectivity index (χ1v) is 11.2. The zero-order valence-electron chi connectivity index (χ0n) is 14.4. The lowest BCUT2D eigenvalue weighted by Crippen LogP contribution is -2.64. The molecular weight excluding hydrogens is 412 g/mol. The molecule has 162 valence electrons. The van der Waals surface area contributed by atoms with Crippen molar-refractivity contribution in [1.82, 2.24) is 0 Å². The van der Waals surface area contributed by atoms with Crippen LogP contribution >= 0.6 is 15.6 Å². The second-order valence-electron chi connectivity index (χ2n) is 6.10. The Hall–Kier alpha value is 0.0200. The molecule has 0 bridgehead atoms. The van der Waals surface area contributed by atoms with Crippen molar-refractivity contribution in [2.45, 2.75) is 62.3 Å². The summed E-state index contributed by atoms with van der Waals surface area (Å²) in [6.07, 6.45) is -9.82. The highest BCUT2D eigenvalue weighted by Gasteiger charge is 2.54. The molecule has 1 aliphatic carbocycles. The van der Waals surface area contributed by atoms with Gasteiger partial charge in [-0.2, -0.15) is 0 Å². The molecule has 1 fully saturated rings. The van der Waals surface area contributed by atoms with Crippen LogP contribution in [-0.2, 0) is 22.7 Å². The van der Waals surface area contributed by atoms with E-state index in [0.29, 0.717) is 19.4 Å². The van der Waals surface area contributed by atoms with Crippen molar-refractivity contribution < 1.29 is 57.8 Å². The Kier molecular flexibility index (Phi) is 9.93. The van der Waals surface area contributed by atoms with E-state index in [9.17, 15) is 34.4 Å². The second kappa shape index (κ2) is 10.7. The second-order valence-corrected chi connectivity index (χ2v) is 8.70. The van der Waals surface area contributed by atoms with E-state index in [1.807, 2.05) is 0 Å². The van der Waals surface area contributed by atoms with Crippen LogP contribution < -0.4 is 5.73 Å². The maximum absolute atomic E-state index is 12.0. The van der Waals surface area contributed by atoms with E-state index in [4.69, 9.17) is 20.0 Å². The Morgan fingerprint density at radius 2 is 1.26 bits per heavy atom. The molecule has 1 aliphatic rings. The van der Waals surface area contributed by atoms with Gasteiger partial charge in [0.05, 0.1) is 6.61 Å². The van der Waals surface area contributed by atoms with Crippen LogP contribution in [-0.4, -0.2) is 84.9 Å². The van der Waals surface area contributed by atoms with Crippen LogP contribution in [0, 0.1) is 0 Å². The first-order chi connectivity index (χ1) is 12.4. The van der Waals surface area contributed by atoms with Gasteiger partial charge < -0.3 is 40.8 Å². The summed E-state index contributed by atoms with van der Waals surface area (Å²) in [4.78, 5) is 27.4. The number of hydrogen-bond donors (Lipinski definition) is 8. The minimum absolute atomic E-state index is 0.176. The first-order valence-electron chi connectivity index (χ1n) is 8.21. The number of aliphatic hydroxyl groups is 4. The van der Waals surface area contributed by atoms with Crippen molar-refractivity contribution >= 4 is 15.6 Å². The van der Waals surface area contributed by atoms with Crippen molar-refractivity contribution in [1.29, 1.82) is 0 Å². The molecule has 1 unspecified atom stereocenters. The monoisotopic (exact) mass is 439 g/mol. The molecule has 1 saturated carbocycles. The zero-order chi connectivity index (χ0) is 20.8. The van der Waals surface area contributed by atoms with E-state index in [1.54, 1.807) is 0 Å². The normalized spacial score (nSPS) is 34.4. The molecule has 0 spiro atoms. The topological polar surface area (TPSA) is 229 Å². The van der Waals surface area contributed by atoms with Gasteiger partial charge in [-0.15, -0.1) is 0 Å². The molecular formula is C12H27NO12P2. The number of hydrogen-bond acceptors (Lipinski definition) is 10. The maximum Gasteiger partial charge on any atom is 0.472 e. The average molecular weight is 439 g/mol. The van der Waals surface area contributed by atoms with E-state index in [1.165, 1.54) is 0 Å². The SMILES string of the molecule is NCCCCCCOP(=O)(O)O[C@H]1[C@H](O)[C@@H](OP(=O)(O)O)[C@H](O)[C@@H](O)[C@H]1O. The highest BCUT2D eigenvalue weighted by molar-refractivity contribution is 7.47. The molecule has 13 nitrogen and oxygen atoms in total. The van der Waals surface area contributed by atoms with Gasteiger partial charge in [0.15, 0.2) is 0 Å². The van der Waals surface area contributed by atoms with Crippen molar-refractivity contribution in [2.75, 3.05) is 13.2 Å². The van der Waals surface area contributed by atoms with Gasteiger partial charge in [-0.3, -0.25) is 13.6 Å². The smallest absolute Gasteiger partial charge is 0.387 e. The third-order valence-electron chi connectivity index (χ3n) is 3.91. The third kappa shape index (κ3) is 8.11. The van der Waals surface area contributed by atoms with Gasteiger partial charge >= 0.3 is 15.6 Å². The predicted octanol–water partition coefficient (Wildman–Crippen LogP) is -2.06. The van der Waals surface area contributed by atoms with Crippen LogP contribution in [0.15, 0.2) is 0 Å². The van der Waals surface area contributed by atoms with Crippen LogP contribution in [0.5, 0.6) is 0 Å². The van der Waals surface area contributed by atoms with Gasteiger partial charge in [0.1, 0.15) is 36.6 Å². The molecule has 15 heteroatoms. The van der Waals surface area contributed by atoms with Crippen molar-refractivity contribution in [2.24, 2.45) is 5.73 Å². The van der Waals surface area contributed by atoms with Gasteiger partial charge in [-0.25, -0.2) is 9.13 Å². The molecule has 9 N–H and O–H groups in total. The lowest BCUT2D eigenvalue weighted by Gasteiger charge is -2.43. The maximum atomic E-state index is 12.0. The fourth-order valence-electron chi connectivity index (χ4n) is 2.55. The Bertz CT molecular complexity index is 544. The van der Waals surface area contributed by atoms with Gasteiger partial charge in [-0.1, -0.05) is 12.8 Å². The van der Waals surface area contributed by atoms with Crippen LogP contribution in [0.4, 0.5) is 0 Å². The number of nitrogens with two attached hydrogens (primary N) is 1. The summed E-state index contributed by atoms with van der Waals surface area (Å²) in [5.74, 6) is 0. The molecule has 0 aromatic carbocycles. The third-order valence-corrected chi connectivity index (χ3v) is 5.45. The van der Waals surface area contributed by atoms with E-state index in [0.717, 1.165) is 12.8 Å². The van der Waals surface area contributed by atoms with E-state index in [-0.39, 0.29) is 6.61 Å². The average Bonchev–Trinajstić information content (AvgIpc) is 2.56. The largest absolute Gasteiger partial charge is 0.472 e. The molecule has 0 aromatic rings. The van der Waals surface area contributed by atoms with Crippen LogP contribution in [0.3, 0.4) is 0 Å². The molecule has 0 amide bonds. The lowest BCUT2D eigenvalue weighted by molar-refractivity contribution is -0.216. The molecule has 27 heavy (non-hydrogen) atoms. The minimum Gasteiger partial charge on any atom is -0.387 e. The number of phosphoric acid groups is 2. The van der Waals surface area contributed by atoms with Gasteiger partial charge in [0.2, 0.25) is 0 Å². The van der Waals surface area contributed by atoms with Gasteiger partial charge in [-0.05, 0) is 19.4 Å². The summed E-state index contributed by atoms with van der Waals surface area (Å²) in [5, 5.41) is 39.4. The number of rotatable bonds is 11. The summed E-state index contributed by atoms with van der Waals surface area (Å²) in [6, 6.07) is 0. The molecule has 0 aliphatic heterocycles. The van der Waals surface area contributed by atoms with Crippen molar-refractivity contribution in [3.05, 3.63) is 0 Å². The van der Waals surface area contributed by atoms with Gasteiger partial charge in [0.25, 0.3) is 0 Å². The van der Waals surface area contributed by atoms with Crippen molar-refractivity contribution in [3.8, 4) is 0 Å². The molecule has 0 aromatic heterocycles. The summed E-state index contributed by atoms with van der Waals surface area (Å²) in [6.45, 7) is 0.344. The zero-order valence-corrected chi connectivity index (χ0v) is 16.1. The molecule has 0 radical (unpaired) electrons. The standard InChI is InChI=1S/C12H27NO12P2/c13-5-3-1-2-4-6-23-27(21,22)25-12-9(16)7(14)8(15)11(10(12)17)24-26(18,19)20/h7-12,14-17H,1-6,13H2,(H,21,22)(H2,18,19,20)/t7-,8-,9-,10-,11+,12-/m1/s1. The fraction of sp³-hybridized carbons (Fsp3) is 1.00. The minimum atomic E-state index is -5.20. The molecule has 7 atom stereocenters. The quantitative estimate of drug-likeness (QED) is 0.128. The van der Waals surface area contributed by atoms with Crippen LogP contribution in [0.1, 0.15) is 25.7 Å². The Balaban J connectivity index is 2.71. The van der Waals surface area contributed by atoms with Crippen LogP contribution in [0.2, 0.25) is 0 Å². The lowest BCUT2D eigenvalue weighted by atomic mass is 9.85. The van der Waals surface area contributed by atoms with Crippen LogP contribution in [0.25, 0.3) is 0 Å². The van der Waals surface area contributed by atoms with Gasteiger partial charge in [0, 0.05) is 0 Å². The summed E-state index contributed by atoms with van der Waals surface area (Å²) in [5.41, 5.74) is 5.33. The predicted molar refractivity (Wildman–Crippen MR) is 89.1 cm³/mol. The van der Waals surface area contributed by atoms with E-state index < -0.39 is 52.3 Å². The molecule has 1 rings (SSSR count). The number of aliphatic hydroxyl groups excluding tert-OH is 4. The molecule has 0 heterocycles. The molecule has 0 saturated heterocycles. The summed E-state index contributed by atoms with van der Waals surface area (Å²) < 4.78 is 36.5. The van der Waals surface area contributed by atoms with Crippen molar-refractivity contribution in [3.63, 3.8) is 0 Å². The Morgan fingerprint density at radius 1 is 0.741 bits per heavy atom. The summed E-state index contributed by atoms with van der Waals surface area (Å²) >= 11 is 0. The fourth-order valence-corrected chi connectivity index (χ4v) is 4.10. The Labute approximate surface area is 155 Å². The highest BCUT2D eigenvalue weighted by atomic mass is 31.2.